The predicted molar refractivity (Wildman–Crippen MR) is 154 cm³/mol. The highest BCUT2D eigenvalue weighted by Crippen LogP contribution is 2.31. The van der Waals surface area contributed by atoms with Gasteiger partial charge in [-0.25, -0.2) is 4.98 Å². The second-order valence-electron chi connectivity index (χ2n) is 9.61. The fraction of sp³-hybridized carbons (Fsp3) is 0.357. The standard InChI is InChI=1S/C28H30ClN5O3S2/c29-20-6-8-21(9-7-20)39-25-22(4-1-12-31-25)24(35)32-28(10-13-30-14-11-28)27(37)34-16-3-15-33(17-18-34)26(36)23-5-2-19-38-23/h1-2,4-9,12,19,30H,3,10-11,13-18H2,(H,32,35). The van der Waals surface area contributed by atoms with E-state index >= 15 is 0 Å². The summed E-state index contributed by atoms with van der Waals surface area (Å²) >= 11 is 8.83. The lowest BCUT2D eigenvalue weighted by atomic mass is 9.86. The Morgan fingerprint density at radius 3 is 2.46 bits per heavy atom. The molecule has 2 aromatic heterocycles. The third-order valence-electron chi connectivity index (χ3n) is 7.07. The number of aromatic nitrogens is 1. The van der Waals surface area contributed by atoms with Crippen LogP contribution in [0, 0.1) is 0 Å². The number of benzene rings is 1. The number of nitrogens with zero attached hydrogens (tertiary/aromatic N) is 3. The van der Waals surface area contributed by atoms with Crippen molar-refractivity contribution in [1.29, 1.82) is 0 Å². The van der Waals surface area contributed by atoms with Crippen LogP contribution in [0.15, 0.2) is 70.0 Å². The minimum Gasteiger partial charge on any atom is -0.339 e. The summed E-state index contributed by atoms with van der Waals surface area (Å²) < 4.78 is 0. The van der Waals surface area contributed by atoms with Crippen molar-refractivity contribution in [1.82, 2.24) is 25.4 Å². The molecule has 3 aromatic rings. The van der Waals surface area contributed by atoms with Crippen LogP contribution in [0.25, 0.3) is 0 Å². The fourth-order valence-electron chi connectivity index (χ4n) is 4.97. The van der Waals surface area contributed by atoms with E-state index in [2.05, 4.69) is 15.6 Å². The Kier molecular flexibility index (Phi) is 8.86. The van der Waals surface area contributed by atoms with E-state index in [-0.39, 0.29) is 17.7 Å². The van der Waals surface area contributed by atoms with E-state index < -0.39 is 5.54 Å². The lowest BCUT2D eigenvalue weighted by Gasteiger charge is -2.40. The maximum Gasteiger partial charge on any atom is 0.263 e. The van der Waals surface area contributed by atoms with E-state index in [9.17, 15) is 14.4 Å². The van der Waals surface area contributed by atoms with E-state index in [0.717, 1.165) is 4.90 Å². The summed E-state index contributed by atoms with van der Waals surface area (Å²) in [6.45, 7) is 3.30. The number of carbonyl (C=O) groups excluding carboxylic acids is 3. The molecule has 0 spiro atoms. The van der Waals surface area contributed by atoms with Crippen LogP contribution in [0.5, 0.6) is 0 Å². The van der Waals surface area contributed by atoms with Crippen molar-refractivity contribution in [2.24, 2.45) is 0 Å². The van der Waals surface area contributed by atoms with Crippen molar-refractivity contribution in [3.63, 3.8) is 0 Å². The summed E-state index contributed by atoms with van der Waals surface area (Å²) in [5.74, 6) is -0.399. The molecule has 5 rings (SSSR count). The summed E-state index contributed by atoms with van der Waals surface area (Å²) in [7, 11) is 0. The summed E-state index contributed by atoms with van der Waals surface area (Å²) in [6, 6.07) is 14.5. The smallest absolute Gasteiger partial charge is 0.263 e. The van der Waals surface area contributed by atoms with Crippen LogP contribution in [0.4, 0.5) is 0 Å². The van der Waals surface area contributed by atoms with Gasteiger partial charge < -0.3 is 20.4 Å². The number of thiophene rings is 1. The lowest BCUT2D eigenvalue weighted by molar-refractivity contribution is -0.139. The first kappa shape index (κ1) is 27.6. The molecule has 0 saturated carbocycles. The maximum atomic E-state index is 14.1. The zero-order valence-electron chi connectivity index (χ0n) is 21.4. The zero-order chi connectivity index (χ0) is 27.2. The fourth-order valence-corrected chi connectivity index (χ4v) is 6.67. The number of pyridine rings is 1. The number of amides is 3. The molecule has 1 aromatic carbocycles. The van der Waals surface area contributed by atoms with Gasteiger partial charge >= 0.3 is 0 Å². The minimum atomic E-state index is -1.02. The molecule has 8 nitrogen and oxygen atoms in total. The first-order valence-corrected chi connectivity index (χ1v) is 15.1. The van der Waals surface area contributed by atoms with E-state index in [1.54, 1.807) is 30.5 Å². The number of nitrogens with one attached hydrogen (secondary N) is 2. The van der Waals surface area contributed by atoms with Crippen LogP contribution in [-0.2, 0) is 4.79 Å². The van der Waals surface area contributed by atoms with Gasteiger partial charge in [0, 0.05) is 42.3 Å². The van der Waals surface area contributed by atoms with Gasteiger partial charge in [0.05, 0.1) is 10.4 Å². The molecule has 0 aliphatic carbocycles. The zero-order valence-corrected chi connectivity index (χ0v) is 23.8. The molecule has 0 atom stereocenters. The highest BCUT2D eigenvalue weighted by Gasteiger charge is 2.44. The van der Waals surface area contributed by atoms with Gasteiger partial charge in [0.1, 0.15) is 10.6 Å². The summed E-state index contributed by atoms with van der Waals surface area (Å²) in [6.07, 6.45) is 3.33. The number of halogens is 1. The molecular weight excluding hydrogens is 554 g/mol. The van der Waals surface area contributed by atoms with Gasteiger partial charge in [-0.2, -0.15) is 0 Å². The third-order valence-corrected chi connectivity index (χ3v) is 9.20. The topological polar surface area (TPSA) is 94.6 Å². The molecule has 11 heteroatoms. The van der Waals surface area contributed by atoms with Gasteiger partial charge in [-0.15, -0.1) is 11.3 Å². The molecule has 0 unspecified atom stereocenters. The SMILES string of the molecule is O=C(NC1(C(=O)N2CCCN(C(=O)c3cccs3)CC2)CCNCC1)c1cccnc1Sc1ccc(Cl)cc1. The average molecular weight is 584 g/mol. The normalized spacial score (nSPS) is 17.4. The summed E-state index contributed by atoms with van der Waals surface area (Å²) in [4.78, 5) is 50.3. The molecule has 0 radical (unpaired) electrons. The number of piperidine rings is 1. The molecular formula is C28H30ClN5O3S2. The van der Waals surface area contributed by atoms with E-state index in [4.69, 9.17) is 11.6 Å². The van der Waals surface area contributed by atoms with Gasteiger partial charge in [0.15, 0.2) is 0 Å². The van der Waals surface area contributed by atoms with Crippen molar-refractivity contribution < 1.29 is 14.4 Å². The average Bonchev–Trinajstić information content (AvgIpc) is 3.39. The molecule has 39 heavy (non-hydrogen) atoms. The molecule has 204 valence electrons. The lowest BCUT2D eigenvalue weighted by Crippen LogP contribution is -2.63. The Morgan fingerprint density at radius 2 is 1.72 bits per heavy atom. The van der Waals surface area contributed by atoms with Crippen molar-refractivity contribution in [3.8, 4) is 0 Å². The first-order valence-electron chi connectivity index (χ1n) is 13.0. The second kappa shape index (κ2) is 12.5. The van der Waals surface area contributed by atoms with Gasteiger partial charge in [-0.1, -0.05) is 29.4 Å². The van der Waals surface area contributed by atoms with Crippen molar-refractivity contribution in [2.75, 3.05) is 39.3 Å². The minimum absolute atomic E-state index is 0.00600. The number of hydrogen-bond acceptors (Lipinski definition) is 7. The van der Waals surface area contributed by atoms with Crippen LogP contribution in [0.2, 0.25) is 5.02 Å². The largest absolute Gasteiger partial charge is 0.339 e. The Hall–Kier alpha value is -2.92. The molecule has 2 aliphatic rings. The Labute approximate surface area is 241 Å². The highest BCUT2D eigenvalue weighted by molar-refractivity contribution is 7.99. The Balaban J connectivity index is 1.32. The molecule has 2 aliphatic heterocycles. The predicted octanol–water partition coefficient (Wildman–Crippen LogP) is 4.17. The van der Waals surface area contributed by atoms with Crippen molar-refractivity contribution >= 4 is 52.4 Å². The first-order chi connectivity index (χ1) is 18.9. The Morgan fingerprint density at radius 1 is 0.974 bits per heavy atom. The van der Waals surface area contributed by atoms with E-state index in [0.29, 0.717) is 79.0 Å². The third kappa shape index (κ3) is 6.46. The molecule has 2 saturated heterocycles. The second-order valence-corrected chi connectivity index (χ2v) is 12.1. The van der Waals surface area contributed by atoms with Gasteiger partial charge in [-0.3, -0.25) is 14.4 Å². The van der Waals surface area contributed by atoms with E-state index in [1.165, 1.54) is 23.1 Å². The van der Waals surface area contributed by atoms with Crippen LogP contribution in [-0.4, -0.2) is 77.3 Å². The van der Waals surface area contributed by atoms with E-state index in [1.807, 2.05) is 39.4 Å². The molecule has 2 N–H and O–H groups in total. The number of rotatable bonds is 6. The molecule has 0 bridgehead atoms. The van der Waals surface area contributed by atoms with Gasteiger partial charge in [0.25, 0.3) is 11.8 Å². The van der Waals surface area contributed by atoms with Gasteiger partial charge in [-0.05, 0) is 80.2 Å². The quantitative estimate of drug-likeness (QED) is 0.452. The van der Waals surface area contributed by atoms with Crippen LogP contribution >= 0.6 is 34.7 Å². The number of carbonyl (C=O) groups is 3. The summed E-state index contributed by atoms with van der Waals surface area (Å²) in [5.41, 5.74) is -0.598. The number of hydrogen-bond donors (Lipinski definition) is 2. The van der Waals surface area contributed by atoms with Crippen LogP contribution < -0.4 is 10.6 Å². The maximum absolute atomic E-state index is 14.1. The monoisotopic (exact) mass is 583 g/mol. The van der Waals surface area contributed by atoms with Gasteiger partial charge in [0.2, 0.25) is 5.91 Å². The molecule has 2 fully saturated rings. The molecule has 4 heterocycles. The molecule has 3 amide bonds. The van der Waals surface area contributed by atoms with Crippen LogP contribution in [0.3, 0.4) is 0 Å². The van der Waals surface area contributed by atoms with Crippen molar-refractivity contribution in [2.45, 2.75) is 34.7 Å². The van der Waals surface area contributed by atoms with Crippen molar-refractivity contribution in [3.05, 3.63) is 75.6 Å². The van der Waals surface area contributed by atoms with Crippen LogP contribution in [0.1, 0.15) is 39.3 Å². The summed E-state index contributed by atoms with van der Waals surface area (Å²) in [5, 5.41) is 9.53. The highest BCUT2D eigenvalue weighted by atomic mass is 35.5. The Bertz CT molecular complexity index is 1310.